The molecule has 0 unspecified atom stereocenters. The lowest BCUT2D eigenvalue weighted by Gasteiger charge is -2.13. The molecule has 0 spiro atoms. The number of rotatable bonds is 3. The van der Waals surface area contributed by atoms with Crippen LogP contribution in [0.4, 0.5) is 13.2 Å². The van der Waals surface area contributed by atoms with E-state index in [9.17, 15) is 18.3 Å². The van der Waals surface area contributed by atoms with Gasteiger partial charge >= 0.3 is 6.18 Å². The smallest absolute Gasteiger partial charge is 0.416 e. The molecule has 0 radical (unpaired) electrons. The molecule has 1 aromatic heterocycles. The second kappa shape index (κ2) is 6.39. The average molecular weight is 370 g/mol. The van der Waals surface area contributed by atoms with E-state index in [-0.39, 0.29) is 17.7 Å². The number of nitrogens with zero attached hydrogens (tertiary/aromatic N) is 1. The molecule has 3 aromatic rings. The van der Waals surface area contributed by atoms with Gasteiger partial charge < -0.3 is 10.8 Å². The van der Waals surface area contributed by atoms with E-state index in [1.54, 1.807) is 36.4 Å². The Bertz CT molecular complexity index is 983. The number of benzene rings is 2. The van der Waals surface area contributed by atoms with Crippen LogP contribution in [-0.4, -0.2) is 16.1 Å². The van der Waals surface area contributed by atoms with Crippen LogP contribution in [0.25, 0.3) is 22.5 Å². The Hall–Kier alpha value is -2.86. The average Bonchev–Trinajstić information content (AvgIpc) is 3.38. The zero-order chi connectivity index (χ0) is 19.2. The van der Waals surface area contributed by atoms with Crippen LogP contribution in [0.1, 0.15) is 23.5 Å². The number of hydrogen-bond acceptors (Lipinski definition) is 3. The normalized spacial score (nSPS) is 19.1. The summed E-state index contributed by atoms with van der Waals surface area (Å²) in [7, 11) is 0. The van der Waals surface area contributed by atoms with Crippen molar-refractivity contribution < 1.29 is 18.3 Å². The van der Waals surface area contributed by atoms with Gasteiger partial charge in [-0.15, -0.1) is 0 Å². The van der Waals surface area contributed by atoms with Crippen molar-refractivity contribution in [1.82, 2.24) is 4.98 Å². The predicted octanol–water partition coefficient (Wildman–Crippen LogP) is 4.95. The van der Waals surface area contributed by atoms with Gasteiger partial charge in [0.25, 0.3) is 0 Å². The fraction of sp³-hybridized carbons (Fsp3) is 0.190. The summed E-state index contributed by atoms with van der Waals surface area (Å²) in [5.41, 5.74) is 8.59. The molecule has 1 heterocycles. The van der Waals surface area contributed by atoms with Crippen molar-refractivity contribution in [3.63, 3.8) is 0 Å². The van der Waals surface area contributed by atoms with Crippen molar-refractivity contribution >= 4 is 0 Å². The molecule has 138 valence electrons. The number of hydrogen-bond donors (Lipinski definition) is 2. The summed E-state index contributed by atoms with van der Waals surface area (Å²) in [5.74, 6) is 0.328. The first-order valence-electron chi connectivity index (χ1n) is 8.56. The van der Waals surface area contributed by atoms with Crippen molar-refractivity contribution in [2.75, 3.05) is 0 Å². The molecule has 0 saturated heterocycles. The van der Waals surface area contributed by atoms with Crippen molar-refractivity contribution in [2.24, 2.45) is 5.73 Å². The third-order valence-corrected chi connectivity index (χ3v) is 4.79. The molecule has 0 bridgehead atoms. The van der Waals surface area contributed by atoms with Gasteiger partial charge in [-0.2, -0.15) is 13.2 Å². The number of aromatic nitrogens is 1. The molecule has 2 aromatic carbocycles. The molecular weight excluding hydrogens is 353 g/mol. The minimum absolute atomic E-state index is 0.0714. The van der Waals surface area contributed by atoms with Gasteiger partial charge in [0.05, 0.1) is 17.0 Å². The van der Waals surface area contributed by atoms with Crippen LogP contribution in [0, 0.1) is 0 Å². The Morgan fingerprint density at radius 3 is 2.30 bits per heavy atom. The molecule has 2 atom stereocenters. The highest BCUT2D eigenvalue weighted by Crippen LogP contribution is 2.44. The van der Waals surface area contributed by atoms with Gasteiger partial charge in [0.15, 0.2) is 0 Å². The number of nitrogens with two attached hydrogens (primary N) is 1. The number of phenols is 1. The lowest BCUT2D eigenvalue weighted by molar-refractivity contribution is -0.137. The Labute approximate surface area is 154 Å². The van der Waals surface area contributed by atoms with Crippen LogP contribution in [0.3, 0.4) is 0 Å². The van der Waals surface area contributed by atoms with Crippen LogP contribution < -0.4 is 5.73 Å². The Morgan fingerprint density at radius 2 is 1.67 bits per heavy atom. The molecule has 27 heavy (non-hydrogen) atoms. The van der Waals surface area contributed by atoms with Gasteiger partial charge in [-0.25, -0.2) is 4.98 Å². The van der Waals surface area contributed by atoms with Gasteiger partial charge in [-0.1, -0.05) is 18.2 Å². The predicted molar refractivity (Wildman–Crippen MR) is 97.1 cm³/mol. The van der Waals surface area contributed by atoms with E-state index in [2.05, 4.69) is 4.98 Å². The molecule has 0 aliphatic heterocycles. The summed E-state index contributed by atoms with van der Waals surface area (Å²) in [6.07, 6.45) is -3.55. The maximum atomic E-state index is 13.0. The first-order chi connectivity index (χ1) is 12.8. The summed E-state index contributed by atoms with van der Waals surface area (Å²) in [6, 6.07) is 15.4. The summed E-state index contributed by atoms with van der Waals surface area (Å²) in [4.78, 5) is 4.66. The summed E-state index contributed by atoms with van der Waals surface area (Å²) >= 11 is 0. The molecule has 0 amide bonds. The summed E-state index contributed by atoms with van der Waals surface area (Å²) in [6.45, 7) is 0. The number of aromatic hydroxyl groups is 1. The van der Waals surface area contributed by atoms with Crippen LogP contribution in [0.5, 0.6) is 5.75 Å². The van der Waals surface area contributed by atoms with E-state index in [0.717, 1.165) is 29.7 Å². The highest BCUT2D eigenvalue weighted by Gasteiger charge is 2.37. The molecular formula is C21H17F3N2O. The summed E-state index contributed by atoms with van der Waals surface area (Å²) in [5, 5.41) is 9.53. The topological polar surface area (TPSA) is 59.1 Å². The second-order valence-electron chi connectivity index (χ2n) is 6.77. The lowest BCUT2D eigenvalue weighted by Crippen LogP contribution is -2.05. The molecule has 1 fully saturated rings. The van der Waals surface area contributed by atoms with E-state index in [1.165, 1.54) is 6.07 Å². The van der Waals surface area contributed by atoms with E-state index in [0.29, 0.717) is 17.0 Å². The van der Waals surface area contributed by atoms with Gasteiger partial charge in [-0.05, 0) is 54.4 Å². The number of alkyl halides is 3. The maximum absolute atomic E-state index is 13.0. The zero-order valence-electron chi connectivity index (χ0n) is 14.2. The molecule has 1 aliphatic carbocycles. The maximum Gasteiger partial charge on any atom is 0.416 e. The van der Waals surface area contributed by atoms with Crippen molar-refractivity contribution in [3.05, 3.63) is 71.8 Å². The van der Waals surface area contributed by atoms with E-state index in [4.69, 9.17) is 5.73 Å². The lowest BCUT2D eigenvalue weighted by atomic mass is 9.99. The third-order valence-electron chi connectivity index (χ3n) is 4.79. The largest absolute Gasteiger partial charge is 0.508 e. The van der Waals surface area contributed by atoms with Crippen molar-refractivity contribution in [2.45, 2.75) is 24.6 Å². The number of halogens is 3. The highest BCUT2D eigenvalue weighted by molar-refractivity contribution is 5.71. The van der Waals surface area contributed by atoms with Crippen LogP contribution >= 0.6 is 0 Å². The van der Waals surface area contributed by atoms with E-state index >= 15 is 0 Å². The fourth-order valence-electron chi connectivity index (χ4n) is 3.21. The van der Waals surface area contributed by atoms with Crippen LogP contribution in [0.15, 0.2) is 60.7 Å². The monoisotopic (exact) mass is 370 g/mol. The first-order valence-corrected chi connectivity index (χ1v) is 8.56. The number of pyridine rings is 1. The summed E-state index contributed by atoms with van der Waals surface area (Å²) < 4.78 is 39.1. The quantitative estimate of drug-likeness (QED) is 0.685. The Morgan fingerprint density at radius 1 is 0.963 bits per heavy atom. The molecule has 1 saturated carbocycles. The second-order valence-corrected chi connectivity index (χ2v) is 6.77. The van der Waals surface area contributed by atoms with Crippen LogP contribution in [0.2, 0.25) is 0 Å². The molecule has 4 rings (SSSR count). The Balaban J connectivity index is 1.82. The van der Waals surface area contributed by atoms with Gasteiger partial charge in [-0.3, -0.25) is 0 Å². The molecule has 1 aliphatic rings. The Kier molecular flexibility index (Phi) is 4.15. The van der Waals surface area contributed by atoms with E-state index in [1.807, 2.05) is 6.07 Å². The zero-order valence-corrected chi connectivity index (χ0v) is 14.2. The molecule has 6 heteroatoms. The van der Waals surface area contributed by atoms with E-state index < -0.39 is 11.7 Å². The third kappa shape index (κ3) is 3.53. The van der Waals surface area contributed by atoms with Gasteiger partial charge in [0, 0.05) is 23.1 Å². The first kappa shape index (κ1) is 17.5. The van der Waals surface area contributed by atoms with Crippen LogP contribution in [-0.2, 0) is 6.18 Å². The molecule has 3 N–H and O–H groups in total. The SMILES string of the molecule is N[C@@H]1C[C@H]1c1ccc(-c2cccc(C(F)(F)F)c2)nc1-c1ccc(O)cc1. The van der Waals surface area contributed by atoms with Crippen molar-refractivity contribution in [3.8, 4) is 28.3 Å². The highest BCUT2D eigenvalue weighted by atomic mass is 19.4. The van der Waals surface area contributed by atoms with Gasteiger partial charge in [0.2, 0.25) is 0 Å². The van der Waals surface area contributed by atoms with Gasteiger partial charge in [0.1, 0.15) is 5.75 Å². The minimum Gasteiger partial charge on any atom is -0.508 e. The standard InChI is InChI=1S/C21H17F3N2O/c22-21(23,24)14-3-1-2-13(10-14)19-9-8-16(17-11-18(17)25)20(26-19)12-4-6-15(27)7-5-12/h1-10,17-18,27H,11,25H2/t17-,18+/m0/s1. The van der Waals surface area contributed by atoms with Crippen molar-refractivity contribution in [1.29, 1.82) is 0 Å². The molecule has 3 nitrogen and oxygen atoms in total. The fourth-order valence-corrected chi connectivity index (χ4v) is 3.21. The number of phenolic OH excluding ortho intramolecular Hbond substituents is 1. The minimum atomic E-state index is -4.41.